The van der Waals surface area contributed by atoms with Crippen LogP contribution in [0.25, 0.3) is 11.0 Å². The van der Waals surface area contributed by atoms with Crippen LogP contribution in [0.5, 0.6) is 0 Å². The molecule has 26 heavy (non-hydrogen) atoms. The van der Waals surface area contributed by atoms with Crippen molar-refractivity contribution in [2.24, 2.45) is 0 Å². The van der Waals surface area contributed by atoms with Crippen LogP contribution in [0.4, 0.5) is 11.5 Å². The lowest BCUT2D eigenvalue weighted by atomic mass is 10.2. The Labute approximate surface area is 152 Å². The first-order valence-corrected chi connectivity index (χ1v) is 8.72. The average Bonchev–Trinajstić information content (AvgIpc) is 3.11. The maximum atomic E-state index is 5.47. The highest BCUT2D eigenvalue weighted by molar-refractivity contribution is 5.86. The van der Waals surface area contributed by atoms with Crippen molar-refractivity contribution in [1.29, 1.82) is 0 Å². The van der Waals surface area contributed by atoms with E-state index in [-0.39, 0.29) is 0 Å². The zero-order valence-corrected chi connectivity index (χ0v) is 14.5. The third-order valence-corrected chi connectivity index (χ3v) is 4.54. The monoisotopic (exact) mass is 346 g/mol. The van der Waals surface area contributed by atoms with Gasteiger partial charge in [0.25, 0.3) is 0 Å². The summed E-state index contributed by atoms with van der Waals surface area (Å²) in [5.74, 6) is 3.29. The molecule has 1 saturated heterocycles. The minimum absolute atomic E-state index is 0.661. The lowest BCUT2D eigenvalue weighted by Gasteiger charge is -2.26. The molecule has 1 aromatic carbocycles. The molecule has 1 radical (unpaired) electrons. The van der Waals surface area contributed by atoms with Gasteiger partial charge < -0.3 is 9.30 Å². The van der Waals surface area contributed by atoms with E-state index in [0.717, 1.165) is 61.7 Å². The Hall–Kier alpha value is -2.88. The van der Waals surface area contributed by atoms with Crippen molar-refractivity contribution in [2.75, 3.05) is 32.8 Å². The summed E-state index contributed by atoms with van der Waals surface area (Å²) in [6.07, 6.45) is 9.09. The molecule has 1 aliphatic heterocycles. The molecule has 131 valence electrons. The molecule has 4 rings (SSSR count). The Balaban J connectivity index is 1.53. The maximum absolute atomic E-state index is 5.47. The maximum Gasteiger partial charge on any atom is 0.165 e. The van der Waals surface area contributed by atoms with E-state index in [4.69, 9.17) is 11.2 Å². The van der Waals surface area contributed by atoms with Crippen molar-refractivity contribution in [1.82, 2.24) is 24.8 Å². The van der Waals surface area contributed by atoms with Crippen LogP contribution in [-0.4, -0.2) is 52.3 Å². The van der Waals surface area contributed by atoms with Crippen LogP contribution in [0, 0.1) is 12.3 Å². The van der Waals surface area contributed by atoms with Crippen LogP contribution in [0.1, 0.15) is 5.56 Å². The molecule has 0 saturated carbocycles. The predicted molar refractivity (Wildman–Crippen MR) is 101 cm³/mol. The molecule has 0 bridgehead atoms. The first-order valence-electron chi connectivity index (χ1n) is 8.72. The van der Waals surface area contributed by atoms with Gasteiger partial charge in [-0.3, -0.25) is 4.90 Å². The molecular weight excluding hydrogens is 326 g/mol. The van der Waals surface area contributed by atoms with Gasteiger partial charge in [-0.05, 0) is 24.3 Å². The first kappa shape index (κ1) is 16.6. The van der Waals surface area contributed by atoms with Crippen molar-refractivity contribution in [2.45, 2.75) is 6.54 Å². The molecule has 0 amide bonds. The highest BCUT2D eigenvalue weighted by atomic mass is 16.5. The van der Waals surface area contributed by atoms with E-state index in [9.17, 15) is 0 Å². The van der Waals surface area contributed by atoms with E-state index >= 15 is 0 Å². The Morgan fingerprint density at radius 3 is 2.88 bits per heavy atom. The summed E-state index contributed by atoms with van der Waals surface area (Å²) in [5, 5.41) is 5.60. The number of rotatable bonds is 5. The second kappa shape index (κ2) is 7.56. The van der Waals surface area contributed by atoms with Crippen molar-refractivity contribution in [3.8, 4) is 12.3 Å². The van der Waals surface area contributed by atoms with Crippen LogP contribution in [0.3, 0.4) is 0 Å². The number of terminal acetylenes is 1. The van der Waals surface area contributed by atoms with E-state index in [1.807, 2.05) is 30.3 Å². The number of aromatic nitrogens is 3. The van der Waals surface area contributed by atoms with Crippen molar-refractivity contribution in [3.63, 3.8) is 0 Å². The first-order chi connectivity index (χ1) is 12.8. The van der Waals surface area contributed by atoms with Gasteiger partial charge in [0.1, 0.15) is 12.0 Å². The number of benzene rings is 1. The summed E-state index contributed by atoms with van der Waals surface area (Å²) in [5.41, 5.74) is 2.50. The van der Waals surface area contributed by atoms with E-state index in [1.165, 1.54) is 0 Å². The second-order valence-corrected chi connectivity index (χ2v) is 6.20. The number of morpholine rings is 1. The van der Waals surface area contributed by atoms with Gasteiger partial charge in [0.05, 0.1) is 24.3 Å². The Bertz CT molecular complexity index is 937. The van der Waals surface area contributed by atoms with E-state index in [1.54, 1.807) is 6.33 Å². The van der Waals surface area contributed by atoms with Crippen molar-refractivity contribution in [3.05, 3.63) is 48.4 Å². The van der Waals surface area contributed by atoms with Crippen LogP contribution in [0.2, 0.25) is 0 Å². The quantitative estimate of drug-likeness (QED) is 0.665. The fourth-order valence-electron chi connectivity index (χ4n) is 3.12. The molecule has 0 aliphatic carbocycles. The Morgan fingerprint density at radius 2 is 2.04 bits per heavy atom. The standard InChI is InChI=1S/C20H20N5O/c1-2-16-4-3-5-17(14-16)23-19-18-6-7-25(20(18)22-15-21-19)9-8-24-10-12-26-13-11-24/h1,3-7,14-15H,8-13H2. The van der Waals surface area contributed by atoms with Gasteiger partial charge in [-0.25, -0.2) is 15.3 Å². The number of hydrogen-bond acceptors (Lipinski definition) is 4. The molecule has 0 N–H and O–H groups in total. The summed E-state index contributed by atoms with van der Waals surface area (Å²) in [6, 6.07) is 9.61. The highest BCUT2D eigenvalue weighted by Crippen LogP contribution is 2.24. The molecule has 1 aliphatic rings. The fraction of sp³-hybridized carbons (Fsp3) is 0.300. The molecule has 0 unspecified atom stereocenters. The minimum atomic E-state index is 0.661. The number of ether oxygens (including phenoxy) is 1. The lowest BCUT2D eigenvalue weighted by Crippen LogP contribution is -2.38. The number of hydrogen-bond donors (Lipinski definition) is 0. The molecule has 6 heteroatoms. The van der Waals surface area contributed by atoms with Crippen LogP contribution in [-0.2, 0) is 11.3 Å². The molecule has 0 spiro atoms. The summed E-state index contributed by atoms with van der Waals surface area (Å²) in [7, 11) is 0. The van der Waals surface area contributed by atoms with Gasteiger partial charge in [-0.15, -0.1) is 6.42 Å². The number of nitrogens with zero attached hydrogens (tertiary/aromatic N) is 5. The smallest absolute Gasteiger partial charge is 0.165 e. The van der Waals surface area contributed by atoms with Gasteiger partial charge in [0.2, 0.25) is 0 Å². The molecule has 2 aromatic heterocycles. The number of fused-ring (bicyclic) bond motifs is 1. The van der Waals surface area contributed by atoms with Crippen molar-refractivity contribution >= 4 is 22.5 Å². The summed E-state index contributed by atoms with van der Waals surface area (Å²) in [4.78, 5) is 11.2. The Kier molecular flexibility index (Phi) is 4.82. The fourth-order valence-corrected chi connectivity index (χ4v) is 3.12. The van der Waals surface area contributed by atoms with Gasteiger partial charge in [0, 0.05) is 37.9 Å². The average molecular weight is 346 g/mol. The zero-order valence-electron chi connectivity index (χ0n) is 14.5. The van der Waals surface area contributed by atoms with Gasteiger partial charge >= 0.3 is 0 Å². The van der Waals surface area contributed by atoms with Crippen LogP contribution >= 0.6 is 0 Å². The van der Waals surface area contributed by atoms with Crippen molar-refractivity contribution < 1.29 is 4.74 Å². The second-order valence-electron chi connectivity index (χ2n) is 6.20. The van der Waals surface area contributed by atoms with Gasteiger partial charge in [-0.1, -0.05) is 12.0 Å². The highest BCUT2D eigenvalue weighted by Gasteiger charge is 2.13. The molecule has 6 nitrogen and oxygen atoms in total. The largest absolute Gasteiger partial charge is 0.379 e. The van der Waals surface area contributed by atoms with Gasteiger partial charge in [-0.2, -0.15) is 0 Å². The molecule has 3 aromatic rings. The molecular formula is C20H20N5O. The summed E-state index contributed by atoms with van der Waals surface area (Å²) in [6.45, 7) is 5.46. The van der Waals surface area contributed by atoms with E-state index < -0.39 is 0 Å². The zero-order chi connectivity index (χ0) is 17.8. The predicted octanol–water partition coefficient (Wildman–Crippen LogP) is 2.31. The summed E-state index contributed by atoms with van der Waals surface area (Å²) >= 11 is 0. The summed E-state index contributed by atoms with van der Waals surface area (Å²) < 4.78 is 7.56. The SMILES string of the molecule is C#Cc1cccc([N]c2ncnc3c2ccn3CCN2CCOCC2)c1. The minimum Gasteiger partial charge on any atom is -0.379 e. The lowest BCUT2D eigenvalue weighted by molar-refractivity contribution is 0.0365. The normalized spacial score (nSPS) is 15.0. The van der Waals surface area contributed by atoms with E-state index in [2.05, 4.69) is 36.9 Å². The van der Waals surface area contributed by atoms with E-state index in [0.29, 0.717) is 5.82 Å². The third kappa shape index (κ3) is 3.54. The van der Waals surface area contributed by atoms with Crippen LogP contribution < -0.4 is 5.32 Å². The molecule has 1 fully saturated rings. The van der Waals surface area contributed by atoms with Crippen LogP contribution in [0.15, 0.2) is 42.9 Å². The Morgan fingerprint density at radius 1 is 1.15 bits per heavy atom. The molecule has 3 heterocycles. The topological polar surface area (TPSA) is 57.3 Å². The van der Waals surface area contributed by atoms with Gasteiger partial charge in [0.15, 0.2) is 5.82 Å². The molecule has 0 atom stereocenters. The third-order valence-electron chi connectivity index (χ3n) is 4.54.